The van der Waals surface area contributed by atoms with Gasteiger partial charge in [-0.15, -0.1) is 11.3 Å². The average molecular weight is 426 g/mol. The molecule has 0 atom stereocenters. The van der Waals surface area contributed by atoms with Crippen LogP contribution in [-0.4, -0.2) is 30.3 Å². The lowest BCUT2D eigenvalue weighted by Crippen LogP contribution is -2.23. The van der Waals surface area contributed by atoms with Crippen molar-refractivity contribution in [1.82, 2.24) is 9.88 Å². The second kappa shape index (κ2) is 8.73. The maximum Gasteiger partial charge on any atom is 0.265 e. The highest BCUT2D eigenvalue weighted by atomic mass is 32.1. The van der Waals surface area contributed by atoms with Crippen molar-refractivity contribution in [3.05, 3.63) is 63.7 Å². The fourth-order valence-corrected chi connectivity index (χ4v) is 4.52. The molecule has 0 aliphatic heterocycles. The highest BCUT2D eigenvalue weighted by Crippen LogP contribution is 2.39. The van der Waals surface area contributed by atoms with Gasteiger partial charge in [0.25, 0.3) is 11.5 Å². The number of thiophene rings is 1. The number of aryl methyl sites for hydroxylation is 1. The minimum Gasteiger partial charge on any atom is -0.489 e. The quantitative estimate of drug-likeness (QED) is 0.435. The zero-order valence-corrected chi connectivity index (χ0v) is 17.6. The summed E-state index contributed by atoms with van der Waals surface area (Å²) in [6, 6.07) is 11.2. The Morgan fingerprint density at radius 2 is 2.03 bits per heavy atom. The normalized spacial score (nSPS) is 11.3. The number of pyridine rings is 1. The Morgan fingerprint density at radius 3 is 2.80 bits per heavy atom. The third kappa shape index (κ3) is 3.71. The number of aromatic nitrogens is 1. The van der Waals surface area contributed by atoms with E-state index in [9.17, 15) is 9.59 Å². The molecule has 7 nitrogen and oxygen atoms in total. The highest BCUT2D eigenvalue weighted by molar-refractivity contribution is 7.22. The van der Waals surface area contributed by atoms with E-state index in [2.05, 4.69) is 5.32 Å². The Labute approximate surface area is 176 Å². The maximum absolute atomic E-state index is 13.1. The molecule has 30 heavy (non-hydrogen) atoms. The minimum atomic E-state index is -0.315. The van der Waals surface area contributed by atoms with Gasteiger partial charge in [-0.25, -0.2) is 0 Å². The molecule has 0 spiro atoms. The number of nitrogens with one attached hydrogen (secondary N) is 1. The SMILES string of the molecule is CCOCCOc1c(C(=O)NCc2ccco2)sc2c1c(=O)n(C)c1ccccc21. The van der Waals surface area contributed by atoms with Gasteiger partial charge >= 0.3 is 0 Å². The number of para-hydroxylation sites is 1. The van der Waals surface area contributed by atoms with Crippen molar-refractivity contribution in [2.24, 2.45) is 7.05 Å². The number of carbonyl (C=O) groups is 1. The van der Waals surface area contributed by atoms with E-state index in [4.69, 9.17) is 13.9 Å². The number of ether oxygens (including phenoxy) is 2. The third-order valence-electron chi connectivity index (χ3n) is 4.78. The van der Waals surface area contributed by atoms with E-state index >= 15 is 0 Å². The van der Waals surface area contributed by atoms with Gasteiger partial charge in [0.15, 0.2) is 5.75 Å². The largest absolute Gasteiger partial charge is 0.489 e. The number of amides is 1. The molecule has 156 valence electrons. The molecular weight excluding hydrogens is 404 g/mol. The first kappa shape index (κ1) is 20.2. The first-order chi connectivity index (χ1) is 14.6. The summed E-state index contributed by atoms with van der Waals surface area (Å²) in [5.74, 6) is 0.632. The molecular formula is C22H22N2O5S. The van der Waals surface area contributed by atoms with Crippen LogP contribution in [0.3, 0.4) is 0 Å². The fraction of sp³-hybridized carbons (Fsp3) is 0.273. The summed E-state index contributed by atoms with van der Waals surface area (Å²) in [5, 5.41) is 4.16. The Balaban J connectivity index is 1.80. The van der Waals surface area contributed by atoms with E-state index in [1.807, 2.05) is 31.2 Å². The van der Waals surface area contributed by atoms with Crippen LogP contribution >= 0.6 is 11.3 Å². The molecule has 3 aromatic heterocycles. The van der Waals surface area contributed by atoms with Gasteiger partial charge in [0.05, 0.1) is 29.6 Å². The van der Waals surface area contributed by atoms with Gasteiger partial charge in [-0.3, -0.25) is 9.59 Å². The Bertz CT molecular complexity index is 1240. The van der Waals surface area contributed by atoms with Crippen LogP contribution in [0.5, 0.6) is 5.75 Å². The van der Waals surface area contributed by atoms with Crippen molar-refractivity contribution in [2.45, 2.75) is 13.5 Å². The van der Waals surface area contributed by atoms with E-state index in [0.29, 0.717) is 35.0 Å². The van der Waals surface area contributed by atoms with Gasteiger partial charge in [0, 0.05) is 19.0 Å². The Kier molecular flexibility index (Phi) is 5.87. The summed E-state index contributed by atoms with van der Waals surface area (Å²) in [6.07, 6.45) is 1.55. The van der Waals surface area contributed by atoms with Crippen molar-refractivity contribution in [2.75, 3.05) is 19.8 Å². The van der Waals surface area contributed by atoms with E-state index in [-0.39, 0.29) is 24.6 Å². The highest BCUT2D eigenvalue weighted by Gasteiger charge is 2.25. The lowest BCUT2D eigenvalue weighted by molar-refractivity contribution is 0.0937. The third-order valence-corrected chi connectivity index (χ3v) is 5.98. The molecule has 1 N–H and O–H groups in total. The number of hydrogen-bond donors (Lipinski definition) is 1. The number of carbonyl (C=O) groups excluding carboxylic acids is 1. The standard InChI is InChI=1S/C22H22N2O5S/c1-3-27-11-12-29-18-17-19(15-8-4-5-9-16(15)24(2)22(17)26)30-20(18)21(25)23-13-14-7-6-10-28-14/h4-10H,3,11-13H2,1-2H3,(H,23,25). The van der Waals surface area contributed by atoms with Gasteiger partial charge < -0.3 is 23.8 Å². The second-order valence-electron chi connectivity index (χ2n) is 6.65. The zero-order valence-electron chi connectivity index (χ0n) is 16.8. The van der Waals surface area contributed by atoms with E-state index in [0.717, 1.165) is 15.6 Å². The second-order valence-corrected chi connectivity index (χ2v) is 7.67. The number of fused-ring (bicyclic) bond motifs is 3. The average Bonchev–Trinajstić information content (AvgIpc) is 3.41. The summed E-state index contributed by atoms with van der Waals surface area (Å²) in [5.41, 5.74) is 0.608. The molecule has 0 fully saturated rings. The molecule has 4 aromatic rings. The number of rotatable bonds is 8. The molecule has 0 aliphatic rings. The van der Waals surface area contributed by atoms with Crippen molar-refractivity contribution in [3.63, 3.8) is 0 Å². The van der Waals surface area contributed by atoms with Crippen molar-refractivity contribution >= 4 is 38.2 Å². The molecule has 0 unspecified atom stereocenters. The maximum atomic E-state index is 13.1. The summed E-state index contributed by atoms with van der Waals surface area (Å²) >= 11 is 1.26. The molecule has 0 saturated carbocycles. The number of benzene rings is 1. The Hall–Kier alpha value is -3.10. The molecule has 0 bridgehead atoms. The number of furan rings is 1. The summed E-state index contributed by atoms with van der Waals surface area (Å²) < 4.78 is 18.9. The van der Waals surface area contributed by atoms with Gasteiger partial charge in [-0.05, 0) is 25.1 Å². The van der Waals surface area contributed by atoms with Gasteiger partial charge in [0.2, 0.25) is 0 Å². The van der Waals surface area contributed by atoms with E-state index in [1.165, 1.54) is 11.3 Å². The zero-order chi connectivity index (χ0) is 21.1. The van der Waals surface area contributed by atoms with Crippen LogP contribution in [0.2, 0.25) is 0 Å². The molecule has 0 aliphatic carbocycles. The van der Waals surface area contributed by atoms with Crippen LogP contribution in [0.25, 0.3) is 21.0 Å². The summed E-state index contributed by atoms with van der Waals surface area (Å²) in [7, 11) is 1.72. The first-order valence-corrected chi connectivity index (χ1v) is 10.5. The fourth-order valence-electron chi connectivity index (χ4n) is 3.33. The predicted molar refractivity (Wildman–Crippen MR) is 116 cm³/mol. The molecule has 0 radical (unpaired) electrons. The van der Waals surface area contributed by atoms with Gasteiger partial charge in [-0.2, -0.15) is 0 Å². The van der Waals surface area contributed by atoms with Gasteiger partial charge in [-0.1, -0.05) is 18.2 Å². The lowest BCUT2D eigenvalue weighted by atomic mass is 10.1. The molecule has 8 heteroatoms. The van der Waals surface area contributed by atoms with Crippen LogP contribution in [0, 0.1) is 0 Å². The van der Waals surface area contributed by atoms with Crippen molar-refractivity contribution in [3.8, 4) is 5.75 Å². The smallest absolute Gasteiger partial charge is 0.265 e. The Morgan fingerprint density at radius 1 is 1.20 bits per heavy atom. The van der Waals surface area contributed by atoms with Crippen LogP contribution in [-0.2, 0) is 18.3 Å². The van der Waals surface area contributed by atoms with Crippen LogP contribution in [0.4, 0.5) is 0 Å². The summed E-state index contributed by atoms with van der Waals surface area (Å²) in [4.78, 5) is 26.5. The number of nitrogens with zero attached hydrogens (tertiary/aromatic N) is 1. The number of hydrogen-bond acceptors (Lipinski definition) is 6. The van der Waals surface area contributed by atoms with Crippen LogP contribution in [0.1, 0.15) is 22.4 Å². The molecule has 1 amide bonds. The monoisotopic (exact) mass is 426 g/mol. The molecule has 1 aromatic carbocycles. The lowest BCUT2D eigenvalue weighted by Gasteiger charge is -2.09. The van der Waals surface area contributed by atoms with Crippen molar-refractivity contribution < 1.29 is 18.7 Å². The van der Waals surface area contributed by atoms with Crippen LogP contribution in [0.15, 0.2) is 51.9 Å². The van der Waals surface area contributed by atoms with Crippen molar-refractivity contribution in [1.29, 1.82) is 0 Å². The van der Waals surface area contributed by atoms with E-state index in [1.54, 1.807) is 30.0 Å². The minimum absolute atomic E-state index is 0.198. The predicted octanol–water partition coefficient (Wildman–Crippen LogP) is 3.69. The van der Waals surface area contributed by atoms with Gasteiger partial charge in [0.1, 0.15) is 22.6 Å². The van der Waals surface area contributed by atoms with E-state index < -0.39 is 0 Å². The molecule has 3 heterocycles. The topological polar surface area (TPSA) is 82.7 Å². The molecule has 4 rings (SSSR count). The molecule has 0 saturated heterocycles. The first-order valence-electron chi connectivity index (χ1n) is 9.67. The summed E-state index contributed by atoms with van der Waals surface area (Å²) in [6.45, 7) is 3.33. The van der Waals surface area contributed by atoms with Crippen LogP contribution < -0.4 is 15.6 Å².